The fourth-order valence-corrected chi connectivity index (χ4v) is 2.34. The number of hydrogen-bond acceptors (Lipinski definition) is 3. The Morgan fingerprint density at radius 2 is 2.23 bits per heavy atom. The van der Waals surface area contributed by atoms with E-state index in [0.717, 1.165) is 0 Å². The first kappa shape index (κ1) is 10.7. The van der Waals surface area contributed by atoms with Crippen molar-refractivity contribution >= 4 is 5.78 Å². The van der Waals surface area contributed by atoms with Crippen LogP contribution in [0, 0.1) is 17.8 Å². The Balaban J connectivity index is 2.62. The first-order valence-electron chi connectivity index (χ1n) is 4.89. The monoisotopic (exact) mass is 186 g/mol. The van der Waals surface area contributed by atoms with E-state index in [2.05, 4.69) is 0 Å². The quantitative estimate of drug-likeness (QED) is 0.678. The number of Topliss-reactive ketones (excluding diaryl/α,β-unsaturated/α-hetero) is 1. The number of aliphatic hydroxyl groups excluding tert-OH is 2. The SMILES string of the molecule is C[C@@H]1C(=O)CC(O)[C@H]1[C@@H](C)CCO. The van der Waals surface area contributed by atoms with Crippen molar-refractivity contribution in [2.45, 2.75) is 32.8 Å². The molecule has 0 aromatic carbocycles. The Morgan fingerprint density at radius 1 is 1.62 bits per heavy atom. The summed E-state index contributed by atoms with van der Waals surface area (Å²) in [6.07, 6.45) is 0.463. The Morgan fingerprint density at radius 3 is 2.62 bits per heavy atom. The smallest absolute Gasteiger partial charge is 0.138 e. The topological polar surface area (TPSA) is 57.5 Å². The summed E-state index contributed by atoms with van der Waals surface area (Å²) < 4.78 is 0. The number of carbonyl (C=O) groups is 1. The molecule has 0 amide bonds. The third kappa shape index (κ3) is 2.09. The van der Waals surface area contributed by atoms with Gasteiger partial charge in [-0.05, 0) is 18.3 Å². The number of carbonyl (C=O) groups excluding carboxylic acids is 1. The maximum Gasteiger partial charge on any atom is 0.138 e. The van der Waals surface area contributed by atoms with Gasteiger partial charge in [0.15, 0.2) is 0 Å². The first-order chi connectivity index (χ1) is 6.07. The Hall–Kier alpha value is -0.410. The minimum Gasteiger partial charge on any atom is -0.396 e. The van der Waals surface area contributed by atoms with Gasteiger partial charge < -0.3 is 10.2 Å². The summed E-state index contributed by atoms with van der Waals surface area (Å²) in [4.78, 5) is 11.3. The summed E-state index contributed by atoms with van der Waals surface area (Å²) in [5.41, 5.74) is 0. The fraction of sp³-hybridized carbons (Fsp3) is 0.900. The Kier molecular flexibility index (Phi) is 3.45. The van der Waals surface area contributed by atoms with E-state index in [-0.39, 0.29) is 30.1 Å². The van der Waals surface area contributed by atoms with E-state index in [4.69, 9.17) is 5.11 Å². The molecule has 76 valence electrons. The predicted octanol–water partition coefficient (Wildman–Crippen LogP) is 0.591. The van der Waals surface area contributed by atoms with Crippen LogP contribution < -0.4 is 0 Å². The van der Waals surface area contributed by atoms with Crippen molar-refractivity contribution in [1.29, 1.82) is 0 Å². The molecule has 4 atom stereocenters. The minimum absolute atomic E-state index is 0.0413. The summed E-state index contributed by atoms with van der Waals surface area (Å²) in [7, 11) is 0. The molecular weight excluding hydrogens is 168 g/mol. The summed E-state index contributed by atoms with van der Waals surface area (Å²) >= 11 is 0. The molecule has 0 aromatic rings. The Bertz CT molecular complexity index is 191. The Labute approximate surface area is 78.8 Å². The van der Waals surface area contributed by atoms with Gasteiger partial charge in [0, 0.05) is 18.9 Å². The zero-order valence-electron chi connectivity index (χ0n) is 8.23. The summed E-state index contributed by atoms with van der Waals surface area (Å²) in [5.74, 6) is 0.375. The largest absolute Gasteiger partial charge is 0.396 e. The van der Waals surface area contributed by atoms with Crippen LogP contribution in [0.4, 0.5) is 0 Å². The van der Waals surface area contributed by atoms with E-state index >= 15 is 0 Å². The molecule has 13 heavy (non-hydrogen) atoms. The zero-order valence-corrected chi connectivity index (χ0v) is 8.23. The third-order valence-corrected chi connectivity index (χ3v) is 3.18. The van der Waals surface area contributed by atoms with Crippen LogP contribution in [0.5, 0.6) is 0 Å². The second-order valence-corrected chi connectivity index (χ2v) is 4.09. The average Bonchev–Trinajstić information content (AvgIpc) is 2.27. The third-order valence-electron chi connectivity index (χ3n) is 3.18. The zero-order chi connectivity index (χ0) is 10.0. The van der Waals surface area contributed by atoms with Crippen LogP contribution >= 0.6 is 0 Å². The highest BCUT2D eigenvalue weighted by Crippen LogP contribution is 2.35. The van der Waals surface area contributed by atoms with Crippen LogP contribution in [-0.4, -0.2) is 28.7 Å². The van der Waals surface area contributed by atoms with Crippen LogP contribution in [0.2, 0.25) is 0 Å². The van der Waals surface area contributed by atoms with Crippen LogP contribution in [-0.2, 0) is 4.79 Å². The summed E-state index contributed by atoms with van der Waals surface area (Å²) in [6, 6.07) is 0. The normalized spacial score (nSPS) is 36.6. The van der Waals surface area contributed by atoms with Gasteiger partial charge in [-0.1, -0.05) is 13.8 Å². The summed E-state index contributed by atoms with van der Waals surface area (Å²) in [6.45, 7) is 3.99. The molecule has 0 aliphatic heterocycles. The maximum atomic E-state index is 11.3. The second kappa shape index (κ2) is 4.20. The molecule has 0 radical (unpaired) electrons. The molecule has 0 heterocycles. The number of ketones is 1. The van der Waals surface area contributed by atoms with E-state index in [1.807, 2.05) is 13.8 Å². The molecule has 2 N–H and O–H groups in total. The van der Waals surface area contributed by atoms with Gasteiger partial charge in [0.25, 0.3) is 0 Å². The average molecular weight is 186 g/mol. The first-order valence-corrected chi connectivity index (χ1v) is 4.89. The van der Waals surface area contributed by atoms with E-state index in [0.29, 0.717) is 12.8 Å². The molecule has 3 nitrogen and oxygen atoms in total. The second-order valence-electron chi connectivity index (χ2n) is 4.09. The van der Waals surface area contributed by atoms with E-state index < -0.39 is 6.10 Å². The number of hydrogen-bond donors (Lipinski definition) is 2. The van der Waals surface area contributed by atoms with E-state index in [1.54, 1.807) is 0 Å². The van der Waals surface area contributed by atoms with E-state index in [9.17, 15) is 9.90 Å². The van der Waals surface area contributed by atoms with Crippen molar-refractivity contribution in [3.05, 3.63) is 0 Å². The fourth-order valence-electron chi connectivity index (χ4n) is 2.34. The van der Waals surface area contributed by atoms with Gasteiger partial charge in [-0.15, -0.1) is 0 Å². The molecule has 0 aromatic heterocycles. The van der Waals surface area contributed by atoms with Crippen molar-refractivity contribution in [2.75, 3.05) is 6.61 Å². The molecule has 1 rings (SSSR count). The van der Waals surface area contributed by atoms with Gasteiger partial charge >= 0.3 is 0 Å². The van der Waals surface area contributed by atoms with Gasteiger partial charge in [-0.2, -0.15) is 0 Å². The maximum absolute atomic E-state index is 11.3. The predicted molar refractivity (Wildman–Crippen MR) is 49.2 cm³/mol. The molecule has 1 unspecified atom stereocenters. The van der Waals surface area contributed by atoms with Gasteiger partial charge in [-0.25, -0.2) is 0 Å². The lowest BCUT2D eigenvalue weighted by Gasteiger charge is -2.24. The van der Waals surface area contributed by atoms with Crippen LogP contribution in [0.3, 0.4) is 0 Å². The molecule has 1 saturated carbocycles. The van der Waals surface area contributed by atoms with Gasteiger partial charge in [-0.3, -0.25) is 4.79 Å². The molecular formula is C10H18O3. The van der Waals surface area contributed by atoms with Crippen molar-refractivity contribution in [3.63, 3.8) is 0 Å². The highest BCUT2D eigenvalue weighted by molar-refractivity contribution is 5.83. The van der Waals surface area contributed by atoms with Crippen LogP contribution in [0.25, 0.3) is 0 Å². The lowest BCUT2D eigenvalue weighted by atomic mass is 9.83. The molecule has 1 fully saturated rings. The van der Waals surface area contributed by atoms with Crippen molar-refractivity contribution in [1.82, 2.24) is 0 Å². The van der Waals surface area contributed by atoms with Crippen molar-refractivity contribution in [3.8, 4) is 0 Å². The standard InChI is InChI=1S/C10H18O3/c1-6(3-4-11)10-7(2)8(12)5-9(10)13/h6-7,9-11,13H,3-5H2,1-2H3/t6-,7+,9?,10-/m0/s1. The summed E-state index contributed by atoms with van der Waals surface area (Å²) in [5, 5.41) is 18.4. The van der Waals surface area contributed by atoms with Crippen LogP contribution in [0.15, 0.2) is 0 Å². The van der Waals surface area contributed by atoms with E-state index in [1.165, 1.54) is 0 Å². The highest BCUT2D eigenvalue weighted by Gasteiger charge is 2.41. The molecule has 0 spiro atoms. The van der Waals surface area contributed by atoms with Gasteiger partial charge in [0.2, 0.25) is 0 Å². The molecule has 3 heteroatoms. The van der Waals surface area contributed by atoms with Crippen molar-refractivity contribution < 1.29 is 15.0 Å². The molecule has 1 aliphatic rings. The van der Waals surface area contributed by atoms with Crippen molar-refractivity contribution in [2.24, 2.45) is 17.8 Å². The van der Waals surface area contributed by atoms with Crippen LogP contribution in [0.1, 0.15) is 26.7 Å². The number of aliphatic hydroxyl groups is 2. The molecule has 1 aliphatic carbocycles. The lowest BCUT2D eigenvalue weighted by Crippen LogP contribution is -2.26. The molecule has 0 saturated heterocycles. The number of rotatable bonds is 3. The molecule has 0 bridgehead atoms. The lowest BCUT2D eigenvalue weighted by molar-refractivity contribution is -0.121. The minimum atomic E-state index is -0.496. The van der Waals surface area contributed by atoms with Gasteiger partial charge in [0.1, 0.15) is 5.78 Å². The highest BCUT2D eigenvalue weighted by atomic mass is 16.3. The van der Waals surface area contributed by atoms with Gasteiger partial charge in [0.05, 0.1) is 6.10 Å².